The zero-order valence-corrected chi connectivity index (χ0v) is 19.4. The van der Waals surface area contributed by atoms with E-state index in [0.717, 1.165) is 25.3 Å². The van der Waals surface area contributed by atoms with Gasteiger partial charge in [-0.05, 0) is 13.5 Å². The Morgan fingerprint density at radius 1 is 1.12 bits per heavy atom. The van der Waals surface area contributed by atoms with Gasteiger partial charge in [0.1, 0.15) is 12.0 Å². The van der Waals surface area contributed by atoms with Gasteiger partial charge in [0.15, 0.2) is 0 Å². The van der Waals surface area contributed by atoms with Crippen molar-refractivity contribution in [3.8, 4) is 11.8 Å². The predicted octanol–water partition coefficient (Wildman–Crippen LogP) is 3.94. The second-order valence-corrected chi connectivity index (χ2v) is 7.03. The van der Waals surface area contributed by atoms with Crippen molar-refractivity contribution in [3.63, 3.8) is 0 Å². The molecular formula is C19H40N2O3S2. The Hall–Kier alpha value is -0.390. The van der Waals surface area contributed by atoms with Crippen LogP contribution in [0.25, 0.3) is 0 Å². The minimum absolute atomic E-state index is 0.0517. The van der Waals surface area contributed by atoms with Gasteiger partial charge in [-0.3, -0.25) is 4.79 Å². The molecule has 0 radical (unpaired) electrons. The summed E-state index contributed by atoms with van der Waals surface area (Å²) in [6, 6.07) is 0. The maximum atomic E-state index is 11.4. The summed E-state index contributed by atoms with van der Waals surface area (Å²) in [6.07, 6.45) is 0.799. The number of hydrogen-bond acceptors (Lipinski definition) is 6. The van der Waals surface area contributed by atoms with Gasteiger partial charge in [-0.25, -0.2) is 0 Å². The summed E-state index contributed by atoms with van der Waals surface area (Å²) in [5, 5.41) is 5.94. The number of hydrogen-bond donors (Lipinski definition) is 2. The van der Waals surface area contributed by atoms with Crippen molar-refractivity contribution in [2.45, 2.75) is 60.3 Å². The fraction of sp³-hybridized carbons (Fsp3) is 0.842. The first-order chi connectivity index (χ1) is 12.7. The number of carbonyl (C=O) groups is 1. The van der Waals surface area contributed by atoms with Gasteiger partial charge in [0.05, 0.1) is 19.8 Å². The number of carbonyl (C=O) groups excluding carboxylic acids is 1. The van der Waals surface area contributed by atoms with E-state index in [0.29, 0.717) is 19.8 Å². The van der Waals surface area contributed by atoms with Crippen molar-refractivity contribution in [1.82, 2.24) is 10.6 Å². The SMILES string of the molecule is CC.CC.CCC#CCNC(=O)COCCOC(C)SSCCNCC. The van der Waals surface area contributed by atoms with E-state index in [9.17, 15) is 4.79 Å². The molecule has 1 amide bonds. The molecule has 0 aromatic rings. The zero-order valence-electron chi connectivity index (χ0n) is 17.8. The van der Waals surface area contributed by atoms with Crippen LogP contribution in [0.15, 0.2) is 0 Å². The summed E-state index contributed by atoms with van der Waals surface area (Å²) in [4.78, 5) is 11.4. The predicted molar refractivity (Wildman–Crippen MR) is 119 cm³/mol. The Kier molecular flexibility index (Phi) is 34.3. The van der Waals surface area contributed by atoms with Crippen LogP contribution in [-0.2, 0) is 14.3 Å². The minimum Gasteiger partial charge on any atom is -0.369 e. The molecule has 0 spiro atoms. The topological polar surface area (TPSA) is 59.6 Å². The molecule has 0 bridgehead atoms. The van der Waals surface area contributed by atoms with Crippen LogP contribution in [0.2, 0.25) is 0 Å². The molecule has 0 aliphatic heterocycles. The van der Waals surface area contributed by atoms with Crippen molar-refractivity contribution in [3.05, 3.63) is 0 Å². The number of amides is 1. The molecule has 0 rings (SSSR count). The molecule has 0 aromatic heterocycles. The molecule has 2 N–H and O–H groups in total. The summed E-state index contributed by atoms with van der Waals surface area (Å²) in [7, 11) is 3.51. The minimum atomic E-state index is -0.146. The first-order valence-corrected chi connectivity index (χ1v) is 12.0. The third-order valence-electron chi connectivity index (χ3n) is 2.30. The lowest BCUT2D eigenvalue weighted by Gasteiger charge is -2.12. The van der Waals surface area contributed by atoms with Crippen LogP contribution in [0.3, 0.4) is 0 Å². The Bertz CT molecular complexity index is 334. The van der Waals surface area contributed by atoms with Crippen molar-refractivity contribution in [2.75, 3.05) is 45.2 Å². The van der Waals surface area contributed by atoms with Crippen LogP contribution < -0.4 is 10.6 Å². The van der Waals surface area contributed by atoms with Gasteiger partial charge in [0, 0.05) is 18.7 Å². The smallest absolute Gasteiger partial charge is 0.246 e. The van der Waals surface area contributed by atoms with E-state index in [2.05, 4.69) is 29.4 Å². The van der Waals surface area contributed by atoms with Crippen LogP contribution in [-0.4, -0.2) is 56.6 Å². The van der Waals surface area contributed by atoms with E-state index >= 15 is 0 Å². The van der Waals surface area contributed by atoms with Crippen LogP contribution in [0.5, 0.6) is 0 Å². The summed E-state index contributed by atoms with van der Waals surface area (Å²) < 4.78 is 10.8. The fourth-order valence-corrected chi connectivity index (χ4v) is 3.23. The molecule has 0 heterocycles. The maximum Gasteiger partial charge on any atom is 0.246 e. The highest BCUT2D eigenvalue weighted by Gasteiger charge is 2.04. The lowest BCUT2D eigenvalue weighted by molar-refractivity contribution is -0.126. The molecule has 0 aliphatic carbocycles. The highest BCUT2D eigenvalue weighted by molar-refractivity contribution is 8.76. The van der Waals surface area contributed by atoms with Crippen LogP contribution in [0.4, 0.5) is 0 Å². The number of ether oxygens (including phenoxy) is 2. The van der Waals surface area contributed by atoms with Gasteiger partial charge in [-0.15, -0.1) is 5.92 Å². The first-order valence-electron chi connectivity index (χ1n) is 9.61. The summed E-state index contributed by atoms with van der Waals surface area (Å²) in [6.45, 7) is 17.5. The second kappa shape index (κ2) is 29.4. The molecule has 0 saturated carbocycles. The normalized spacial score (nSPS) is 10.3. The maximum absolute atomic E-state index is 11.4. The van der Waals surface area contributed by atoms with Crippen LogP contribution >= 0.6 is 21.6 Å². The number of rotatable bonds is 13. The second-order valence-electron chi connectivity index (χ2n) is 4.25. The van der Waals surface area contributed by atoms with Gasteiger partial charge in [0.2, 0.25) is 5.91 Å². The van der Waals surface area contributed by atoms with E-state index in [4.69, 9.17) is 9.47 Å². The van der Waals surface area contributed by atoms with Gasteiger partial charge >= 0.3 is 0 Å². The van der Waals surface area contributed by atoms with Crippen molar-refractivity contribution >= 4 is 27.5 Å². The molecule has 0 saturated heterocycles. The highest BCUT2D eigenvalue weighted by Crippen LogP contribution is 2.26. The molecule has 0 aliphatic rings. The summed E-state index contributed by atoms with van der Waals surface area (Å²) in [5.41, 5.74) is 0.119. The molecule has 5 nitrogen and oxygen atoms in total. The van der Waals surface area contributed by atoms with Gasteiger partial charge in [0.25, 0.3) is 0 Å². The largest absolute Gasteiger partial charge is 0.369 e. The van der Waals surface area contributed by atoms with Crippen molar-refractivity contribution in [1.29, 1.82) is 0 Å². The average molecular weight is 409 g/mol. The molecule has 26 heavy (non-hydrogen) atoms. The quantitative estimate of drug-likeness (QED) is 0.208. The Morgan fingerprint density at radius 3 is 2.42 bits per heavy atom. The van der Waals surface area contributed by atoms with E-state index < -0.39 is 0 Å². The third-order valence-corrected chi connectivity index (χ3v) is 4.94. The molecule has 156 valence electrons. The van der Waals surface area contributed by atoms with E-state index in [1.54, 1.807) is 21.6 Å². The van der Waals surface area contributed by atoms with E-state index in [1.807, 2.05) is 41.5 Å². The molecular weight excluding hydrogens is 368 g/mol. The Balaban J connectivity index is -0.00000123. The monoisotopic (exact) mass is 408 g/mol. The average Bonchev–Trinajstić information content (AvgIpc) is 2.68. The molecule has 1 unspecified atom stereocenters. The molecule has 7 heteroatoms. The Labute approximate surface area is 169 Å². The van der Waals surface area contributed by atoms with Crippen molar-refractivity contribution < 1.29 is 14.3 Å². The van der Waals surface area contributed by atoms with Crippen LogP contribution in [0.1, 0.15) is 54.9 Å². The molecule has 0 fully saturated rings. The molecule has 1 atom stereocenters. The van der Waals surface area contributed by atoms with Gasteiger partial charge in [-0.1, -0.05) is 69.1 Å². The number of nitrogens with one attached hydrogen (secondary N) is 2. The van der Waals surface area contributed by atoms with E-state index in [1.165, 1.54) is 0 Å². The zero-order chi connectivity index (χ0) is 20.5. The third kappa shape index (κ3) is 28.4. The summed E-state index contributed by atoms with van der Waals surface area (Å²) >= 11 is 0. The molecule has 0 aromatic carbocycles. The first kappa shape index (κ1) is 30.3. The van der Waals surface area contributed by atoms with E-state index in [-0.39, 0.29) is 18.0 Å². The lowest BCUT2D eigenvalue weighted by Crippen LogP contribution is -2.28. The van der Waals surface area contributed by atoms with Crippen LogP contribution in [0, 0.1) is 11.8 Å². The van der Waals surface area contributed by atoms with Gasteiger partial charge in [-0.2, -0.15) is 0 Å². The summed E-state index contributed by atoms with van der Waals surface area (Å²) in [5.74, 6) is 6.64. The Morgan fingerprint density at radius 2 is 1.81 bits per heavy atom. The lowest BCUT2D eigenvalue weighted by atomic mass is 10.4. The van der Waals surface area contributed by atoms with Gasteiger partial charge < -0.3 is 20.1 Å². The fourth-order valence-electron chi connectivity index (χ4n) is 1.28. The van der Waals surface area contributed by atoms with Crippen molar-refractivity contribution in [2.24, 2.45) is 0 Å². The highest BCUT2D eigenvalue weighted by atomic mass is 33.1. The standard InChI is InChI=1S/C15H28N2O3S2.2C2H6/c1-4-6-7-8-17-15(18)13-19-10-11-20-14(3)22-21-12-9-16-5-2;2*1-2/h14,16H,4-5,8-13H2,1-3H3,(H,17,18);2*1-2H3.